The van der Waals surface area contributed by atoms with Crippen molar-refractivity contribution in [2.45, 2.75) is 27.2 Å². The van der Waals surface area contributed by atoms with Crippen LogP contribution in [0.3, 0.4) is 0 Å². The third-order valence-corrected chi connectivity index (χ3v) is 2.33. The van der Waals surface area contributed by atoms with Gasteiger partial charge in [0.25, 0.3) is 0 Å². The van der Waals surface area contributed by atoms with Gasteiger partial charge in [0.1, 0.15) is 0 Å². The van der Waals surface area contributed by atoms with Crippen LogP contribution in [0.2, 0.25) is 0 Å². The van der Waals surface area contributed by atoms with Gasteiger partial charge in [-0.05, 0) is 19.4 Å². The molecule has 1 aliphatic carbocycles. The van der Waals surface area contributed by atoms with Crippen molar-refractivity contribution in [3.05, 3.63) is 23.4 Å². The zero-order valence-electron chi connectivity index (χ0n) is 8.89. The Balaban J connectivity index is 2.80. The molecule has 0 amide bonds. The molecule has 1 rings (SSSR count). The van der Waals surface area contributed by atoms with E-state index in [0.717, 1.165) is 6.42 Å². The first-order valence-corrected chi connectivity index (χ1v) is 4.61. The van der Waals surface area contributed by atoms with Gasteiger partial charge in [-0.2, -0.15) is 0 Å². The summed E-state index contributed by atoms with van der Waals surface area (Å²) in [6.45, 7) is 6.65. The molecule has 0 unspecified atom stereocenters. The standard InChI is InChI=1S/C11H18N2/c1-9-5-6-10(13-8-12-4)11(2,3)7-9/h5-6,8H,7H2,1-4H3,(H,12,13). The van der Waals surface area contributed by atoms with E-state index in [-0.39, 0.29) is 5.41 Å². The Morgan fingerprint density at radius 3 is 2.69 bits per heavy atom. The highest BCUT2D eigenvalue weighted by atomic mass is 14.9. The lowest BCUT2D eigenvalue weighted by Gasteiger charge is -2.30. The molecule has 13 heavy (non-hydrogen) atoms. The van der Waals surface area contributed by atoms with Crippen LogP contribution >= 0.6 is 0 Å². The van der Waals surface area contributed by atoms with Crippen molar-refractivity contribution in [2.75, 3.05) is 7.05 Å². The van der Waals surface area contributed by atoms with Crippen LogP contribution in [0.1, 0.15) is 27.2 Å². The minimum Gasteiger partial charge on any atom is -0.350 e. The van der Waals surface area contributed by atoms with Crippen LogP contribution in [-0.2, 0) is 0 Å². The lowest BCUT2D eigenvalue weighted by molar-refractivity contribution is 0.420. The van der Waals surface area contributed by atoms with Gasteiger partial charge >= 0.3 is 0 Å². The number of hydrogen-bond donors (Lipinski definition) is 1. The summed E-state index contributed by atoms with van der Waals surface area (Å²) in [6, 6.07) is 0. The highest BCUT2D eigenvalue weighted by Gasteiger charge is 2.25. The summed E-state index contributed by atoms with van der Waals surface area (Å²) in [5.74, 6) is 0. The largest absolute Gasteiger partial charge is 0.350 e. The number of hydrogen-bond acceptors (Lipinski definition) is 1. The van der Waals surface area contributed by atoms with Crippen LogP contribution in [-0.4, -0.2) is 13.4 Å². The molecule has 0 spiro atoms. The summed E-state index contributed by atoms with van der Waals surface area (Å²) in [5, 5.41) is 3.21. The summed E-state index contributed by atoms with van der Waals surface area (Å²) in [5.41, 5.74) is 2.88. The quantitative estimate of drug-likeness (QED) is 0.510. The zero-order chi connectivity index (χ0) is 9.90. The summed E-state index contributed by atoms with van der Waals surface area (Å²) in [4.78, 5) is 3.92. The van der Waals surface area contributed by atoms with Crippen LogP contribution in [0.4, 0.5) is 0 Å². The van der Waals surface area contributed by atoms with E-state index >= 15 is 0 Å². The van der Waals surface area contributed by atoms with Gasteiger partial charge in [-0.1, -0.05) is 25.5 Å². The second-order valence-electron chi connectivity index (χ2n) is 4.19. The van der Waals surface area contributed by atoms with Gasteiger partial charge < -0.3 is 5.32 Å². The molecule has 0 saturated carbocycles. The predicted octanol–water partition coefficient (Wildman–Crippen LogP) is 2.49. The minimum atomic E-state index is 0.208. The van der Waals surface area contributed by atoms with Crippen molar-refractivity contribution in [1.82, 2.24) is 5.32 Å². The molecule has 0 heterocycles. The summed E-state index contributed by atoms with van der Waals surface area (Å²) >= 11 is 0. The van der Waals surface area contributed by atoms with Crippen LogP contribution in [0, 0.1) is 5.41 Å². The molecule has 0 fully saturated rings. The average Bonchev–Trinajstić information content (AvgIpc) is 2.01. The summed E-state index contributed by atoms with van der Waals surface area (Å²) in [6.07, 6.45) is 7.16. The summed E-state index contributed by atoms with van der Waals surface area (Å²) in [7, 11) is 1.77. The van der Waals surface area contributed by atoms with E-state index in [1.807, 2.05) is 0 Å². The van der Waals surface area contributed by atoms with E-state index in [9.17, 15) is 0 Å². The van der Waals surface area contributed by atoms with Gasteiger partial charge in [-0.25, -0.2) is 0 Å². The van der Waals surface area contributed by atoms with E-state index in [2.05, 4.69) is 43.2 Å². The Labute approximate surface area is 80.4 Å². The maximum absolute atomic E-state index is 3.92. The van der Waals surface area contributed by atoms with Gasteiger partial charge in [-0.15, -0.1) is 0 Å². The highest BCUT2D eigenvalue weighted by molar-refractivity contribution is 5.58. The van der Waals surface area contributed by atoms with E-state index in [0.29, 0.717) is 0 Å². The molecule has 72 valence electrons. The maximum Gasteiger partial charge on any atom is 0.0862 e. The lowest BCUT2D eigenvalue weighted by Crippen LogP contribution is -2.27. The van der Waals surface area contributed by atoms with Crippen molar-refractivity contribution in [1.29, 1.82) is 0 Å². The molecule has 2 heteroatoms. The second kappa shape index (κ2) is 3.77. The molecule has 0 atom stereocenters. The fourth-order valence-corrected chi connectivity index (χ4v) is 1.68. The first kappa shape index (κ1) is 10.0. The molecule has 0 aromatic rings. The molecular weight excluding hydrogens is 160 g/mol. The van der Waals surface area contributed by atoms with Crippen molar-refractivity contribution < 1.29 is 0 Å². The molecule has 2 nitrogen and oxygen atoms in total. The molecule has 0 bridgehead atoms. The maximum atomic E-state index is 3.92. The SMILES string of the molecule is CN=CNC1=CC=C(C)CC1(C)C. The third-order valence-electron chi connectivity index (χ3n) is 2.33. The van der Waals surface area contributed by atoms with Crippen molar-refractivity contribution in [3.63, 3.8) is 0 Å². The topological polar surface area (TPSA) is 24.4 Å². The Hall–Kier alpha value is -1.05. The normalized spacial score (nSPS) is 21.2. The minimum absolute atomic E-state index is 0.208. The number of aliphatic imine (C=N–C) groups is 1. The van der Waals surface area contributed by atoms with Crippen LogP contribution in [0.15, 0.2) is 28.4 Å². The number of nitrogens with one attached hydrogen (secondary N) is 1. The Morgan fingerprint density at radius 2 is 2.15 bits per heavy atom. The van der Waals surface area contributed by atoms with Gasteiger partial charge in [0.2, 0.25) is 0 Å². The summed E-state index contributed by atoms with van der Waals surface area (Å²) < 4.78 is 0. The Morgan fingerprint density at radius 1 is 1.46 bits per heavy atom. The molecule has 0 aromatic carbocycles. The smallest absolute Gasteiger partial charge is 0.0862 e. The molecule has 0 aromatic heterocycles. The van der Waals surface area contributed by atoms with Gasteiger partial charge in [0.05, 0.1) is 6.34 Å². The molecule has 1 aliphatic rings. The van der Waals surface area contributed by atoms with Crippen LogP contribution in [0.25, 0.3) is 0 Å². The molecule has 0 aliphatic heterocycles. The van der Waals surface area contributed by atoms with Gasteiger partial charge in [-0.3, -0.25) is 4.99 Å². The fraction of sp³-hybridized carbons (Fsp3) is 0.545. The lowest BCUT2D eigenvalue weighted by atomic mass is 9.79. The fourth-order valence-electron chi connectivity index (χ4n) is 1.68. The van der Waals surface area contributed by atoms with Crippen LogP contribution in [0.5, 0.6) is 0 Å². The number of allylic oxidation sites excluding steroid dienone is 4. The second-order valence-corrected chi connectivity index (χ2v) is 4.19. The first-order valence-electron chi connectivity index (χ1n) is 4.61. The van der Waals surface area contributed by atoms with E-state index in [4.69, 9.17) is 0 Å². The Bertz CT molecular complexity index is 270. The monoisotopic (exact) mass is 178 g/mol. The third kappa shape index (κ3) is 2.44. The van der Waals surface area contributed by atoms with Crippen molar-refractivity contribution in [2.24, 2.45) is 10.4 Å². The Kier molecular flexibility index (Phi) is 2.91. The van der Waals surface area contributed by atoms with Crippen molar-refractivity contribution >= 4 is 6.34 Å². The van der Waals surface area contributed by atoms with Crippen LogP contribution < -0.4 is 5.32 Å². The first-order chi connectivity index (χ1) is 6.06. The number of nitrogens with zero attached hydrogens (tertiary/aromatic N) is 1. The molecular formula is C11H18N2. The predicted molar refractivity (Wildman–Crippen MR) is 57.8 cm³/mol. The number of rotatable bonds is 2. The van der Waals surface area contributed by atoms with Gasteiger partial charge in [0.15, 0.2) is 0 Å². The average molecular weight is 178 g/mol. The highest BCUT2D eigenvalue weighted by Crippen LogP contribution is 2.34. The molecule has 1 N–H and O–H groups in total. The zero-order valence-corrected chi connectivity index (χ0v) is 8.89. The van der Waals surface area contributed by atoms with E-state index < -0.39 is 0 Å². The molecule has 0 radical (unpaired) electrons. The van der Waals surface area contributed by atoms with Crippen molar-refractivity contribution in [3.8, 4) is 0 Å². The van der Waals surface area contributed by atoms with E-state index in [1.54, 1.807) is 13.4 Å². The van der Waals surface area contributed by atoms with Gasteiger partial charge in [0, 0.05) is 18.2 Å². The van der Waals surface area contributed by atoms with E-state index in [1.165, 1.54) is 11.3 Å². The molecule has 0 saturated heterocycles.